The van der Waals surface area contributed by atoms with Crippen LogP contribution >= 0.6 is 0 Å². The molecule has 0 N–H and O–H groups in total. The Morgan fingerprint density at radius 2 is 1.78 bits per heavy atom. The van der Waals surface area contributed by atoms with Crippen molar-refractivity contribution < 1.29 is 36.2 Å². The van der Waals surface area contributed by atoms with Crippen molar-refractivity contribution in [3.05, 3.63) is 64.5 Å². The van der Waals surface area contributed by atoms with Crippen LogP contribution in [0, 0.1) is 5.82 Å². The maximum absolute atomic E-state index is 14.7. The molecular weight excluding hydrogens is 431 g/mol. The molecule has 0 aliphatic carbocycles. The smallest absolute Gasteiger partial charge is 0.386 e. The molecule has 1 heterocycles. The van der Waals surface area contributed by atoms with E-state index in [1.165, 1.54) is 12.5 Å². The number of alkyl halides is 4. The van der Waals surface area contributed by atoms with Gasteiger partial charge in [-0.2, -0.15) is 8.78 Å². The van der Waals surface area contributed by atoms with Gasteiger partial charge in [-0.1, -0.05) is 37.6 Å². The first-order valence-electron chi connectivity index (χ1n) is 10.8. The first kappa shape index (κ1) is 24.5. The van der Waals surface area contributed by atoms with Gasteiger partial charge in [-0.05, 0) is 49.4 Å². The van der Waals surface area contributed by atoms with Crippen molar-refractivity contribution in [1.82, 2.24) is 0 Å². The molecule has 1 saturated heterocycles. The molecule has 2 unspecified atom stereocenters. The van der Waals surface area contributed by atoms with Crippen molar-refractivity contribution in [2.75, 3.05) is 13.2 Å². The Bertz CT molecular complexity index is 878. The van der Waals surface area contributed by atoms with E-state index >= 15 is 0 Å². The van der Waals surface area contributed by atoms with Crippen LogP contribution in [0.25, 0.3) is 0 Å². The lowest BCUT2D eigenvalue weighted by Crippen LogP contribution is -2.34. The molecule has 2 aromatic rings. The minimum Gasteiger partial charge on any atom is -0.493 e. The molecule has 1 aliphatic heterocycles. The van der Waals surface area contributed by atoms with Gasteiger partial charge in [0.25, 0.3) is 6.43 Å². The van der Waals surface area contributed by atoms with Crippen LogP contribution in [0.1, 0.15) is 67.9 Å². The van der Waals surface area contributed by atoms with Gasteiger partial charge in [0.05, 0.1) is 36.5 Å². The zero-order valence-electron chi connectivity index (χ0n) is 18.1. The van der Waals surface area contributed by atoms with E-state index < -0.39 is 41.3 Å². The van der Waals surface area contributed by atoms with Crippen molar-refractivity contribution >= 4 is 0 Å². The molecule has 3 nitrogen and oxygen atoms in total. The fourth-order valence-electron chi connectivity index (χ4n) is 3.83. The molecule has 0 radical (unpaired) electrons. The van der Waals surface area contributed by atoms with Crippen molar-refractivity contribution in [3.8, 4) is 5.75 Å². The molecule has 0 aromatic heterocycles. The first-order valence-corrected chi connectivity index (χ1v) is 10.8. The highest BCUT2D eigenvalue weighted by Crippen LogP contribution is 2.41. The Kier molecular flexibility index (Phi) is 8.11. The molecule has 3 rings (SSSR count). The molecule has 1 aliphatic rings. The van der Waals surface area contributed by atoms with Crippen LogP contribution in [0.4, 0.5) is 22.0 Å². The SMILES string of the molecule is CCCc1ccc(C2CCC(OC(F)(F)c3ccc(OCC)c(C(F)F)c3F)CO2)cc1. The summed E-state index contributed by atoms with van der Waals surface area (Å²) in [6.07, 6.45) is -5.92. The van der Waals surface area contributed by atoms with Gasteiger partial charge in [-0.15, -0.1) is 0 Å². The molecule has 0 amide bonds. The van der Waals surface area contributed by atoms with Crippen LogP contribution in [0.15, 0.2) is 36.4 Å². The number of ether oxygens (including phenoxy) is 3. The van der Waals surface area contributed by atoms with Gasteiger partial charge in [-0.3, -0.25) is 0 Å². The quantitative estimate of drug-likeness (QED) is 0.375. The van der Waals surface area contributed by atoms with Crippen LogP contribution in [0.2, 0.25) is 0 Å². The normalized spacial score (nSPS) is 19.4. The van der Waals surface area contributed by atoms with E-state index in [-0.39, 0.29) is 25.7 Å². The fourth-order valence-corrected chi connectivity index (χ4v) is 3.83. The Balaban J connectivity index is 1.67. The molecule has 8 heteroatoms. The predicted molar refractivity (Wildman–Crippen MR) is 110 cm³/mol. The Labute approximate surface area is 184 Å². The molecule has 0 saturated carbocycles. The molecule has 2 atom stereocenters. The second kappa shape index (κ2) is 10.6. The minimum atomic E-state index is -4.10. The second-order valence-electron chi connectivity index (χ2n) is 7.72. The van der Waals surface area contributed by atoms with Crippen LogP contribution in [0.5, 0.6) is 5.75 Å². The predicted octanol–water partition coefficient (Wildman–Crippen LogP) is 7.10. The van der Waals surface area contributed by atoms with Gasteiger partial charge in [0.2, 0.25) is 0 Å². The van der Waals surface area contributed by atoms with Gasteiger partial charge in [0, 0.05) is 0 Å². The maximum Gasteiger partial charge on any atom is 0.386 e. The molecule has 0 spiro atoms. The lowest BCUT2D eigenvalue weighted by Gasteiger charge is -2.32. The molecule has 0 bridgehead atoms. The van der Waals surface area contributed by atoms with Crippen LogP contribution in [0.3, 0.4) is 0 Å². The molecular formula is C24H27F5O3. The summed E-state index contributed by atoms with van der Waals surface area (Å²) in [7, 11) is 0. The molecule has 1 fully saturated rings. The second-order valence-corrected chi connectivity index (χ2v) is 7.72. The Morgan fingerprint density at radius 1 is 1.06 bits per heavy atom. The van der Waals surface area contributed by atoms with Gasteiger partial charge >= 0.3 is 6.11 Å². The lowest BCUT2D eigenvalue weighted by atomic mass is 9.98. The number of halogens is 5. The summed E-state index contributed by atoms with van der Waals surface area (Å²) in [5, 5.41) is 0. The largest absolute Gasteiger partial charge is 0.493 e. The highest BCUT2D eigenvalue weighted by Gasteiger charge is 2.42. The summed E-state index contributed by atoms with van der Waals surface area (Å²) in [4.78, 5) is 0. The van der Waals surface area contributed by atoms with Gasteiger partial charge in [-0.25, -0.2) is 13.2 Å². The zero-order valence-corrected chi connectivity index (χ0v) is 18.1. The van der Waals surface area contributed by atoms with E-state index in [9.17, 15) is 22.0 Å². The van der Waals surface area contributed by atoms with Gasteiger partial charge in [0.15, 0.2) is 0 Å². The van der Waals surface area contributed by atoms with E-state index in [1.807, 2.05) is 24.3 Å². The number of hydrogen-bond acceptors (Lipinski definition) is 3. The lowest BCUT2D eigenvalue weighted by molar-refractivity contribution is -0.290. The van der Waals surface area contributed by atoms with Crippen LogP contribution in [-0.2, 0) is 22.0 Å². The third kappa shape index (κ3) is 5.59. The third-order valence-corrected chi connectivity index (χ3v) is 5.41. The van der Waals surface area contributed by atoms with Crippen molar-refractivity contribution in [2.24, 2.45) is 0 Å². The van der Waals surface area contributed by atoms with Gasteiger partial charge in [0.1, 0.15) is 11.6 Å². The van der Waals surface area contributed by atoms with E-state index in [0.717, 1.165) is 30.5 Å². The average molecular weight is 458 g/mol. The van der Waals surface area contributed by atoms with Gasteiger partial charge < -0.3 is 14.2 Å². The number of benzene rings is 2. The number of rotatable bonds is 9. The monoisotopic (exact) mass is 458 g/mol. The molecule has 176 valence electrons. The topological polar surface area (TPSA) is 27.7 Å². The first-order chi connectivity index (χ1) is 15.3. The summed E-state index contributed by atoms with van der Waals surface area (Å²) in [5.41, 5.74) is -0.272. The summed E-state index contributed by atoms with van der Waals surface area (Å²) in [6.45, 7) is 3.50. The third-order valence-electron chi connectivity index (χ3n) is 5.41. The van der Waals surface area contributed by atoms with Crippen molar-refractivity contribution in [2.45, 2.75) is 64.3 Å². The molecule has 32 heavy (non-hydrogen) atoms. The highest BCUT2D eigenvalue weighted by atomic mass is 19.3. The summed E-state index contributed by atoms with van der Waals surface area (Å²) in [6, 6.07) is 9.61. The Morgan fingerprint density at radius 3 is 2.34 bits per heavy atom. The van der Waals surface area contributed by atoms with E-state index in [0.29, 0.717) is 6.42 Å². The summed E-state index contributed by atoms with van der Waals surface area (Å²) < 4.78 is 86.0. The average Bonchev–Trinajstić information content (AvgIpc) is 2.75. The maximum atomic E-state index is 14.7. The number of hydrogen-bond donors (Lipinski definition) is 0. The summed E-state index contributed by atoms with van der Waals surface area (Å²) in [5.74, 6) is -2.19. The minimum absolute atomic E-state index is 0.00664. The fraction of sp³-hybridized carbons (Fsp3) is 0.500. The molecule has 2 aromatic carbocycles. The number of aryl methyl sites for hydroxylation is 1. The standard InChI is InChI=1S/C24H27F5O3/c1-3-5-15-6-8-16(9-7-15)19-12-10-17(14-31-19)32-24(28,29)18-11-13-20(30-4-2)21(22(18)25)23(26)27/h6-9,11,13,17,19,23H,3-5,10,12,14H2,1-2H3. The zero-order chi connectivity index (χ0) is 23.3. The van der Waals surface area contributed by atoms with Crippen molar-refractivity contribution in [1.29, 1.82) is 0 Å². The van der Waals surface area contributed by atoms with Crippen molar-refractivity contribution in [3.63, 3.8) is 0 Å². The van der Waals surface area contributed by atoms with Crippen LogP contribution in [-0.4, -0.2) is 19.3 Å². The summed E-state index contributed by atoms with van der Waals surface area (Å²) >= 11 is 0. The Hall–Kier alpha value is -2.19. The van der Waals surface area contributed by atoms with E-state index in [1.54, 1.807) is 0 Å². The highest BCUT2D eigenvalue weighted by molar-refractivity contribution is 5.41. The van der Waals surface area contributed by atoms with Crippen LogP contribution < -0.4 is 4.74 Å². The van der Waals surface area contributed by atoms with E-state index in [4.69, 9.17) is 14.2 Å². The van der Waals surface area contributed by atoms with E-state index in [2.05, 4.69) is 6.92 Å².